The van der Waals surface area contributed by atoms with Crippen LogP contribution in [0.1, 0.15) is 20.3 Å². The van der Waals surface area contributed by atoms with E-state index in [2.05, 4.69) is 18.7 Å². The van der Waals surface area contributed by atoms with Gasteiger partial charge in [-0.3, -0.25) is 0 Å². The fourth-order valence-corrected chi connectivity index (χ4v) is 2.93. The zero-order valence-electron chi connectivity index (χ0n) is 9.50. The van der Waals surface area contributed by atoms with Crippen molar-refractivity contribution in [1.29, 1.82) is 0 Å². The van der Waals surface area contributed by atoms with Crippen molar-refractivity contribution >= 4 is 34.0 Å². The summed E-state index contributed by atoms with van der Waals surface area (Å²) in [7, 11) is 0. The Morgan fingerprint density at radius 2 is 2.12 bits per heavy atom. The Kier molecular flexibility index (Phi) is 3.28. The van der Waals surface area contributed by atoms with Crippen LogP contribution in [0.15, 0.2) is 12.1 Å². The van der Waals surface area contributed by atoms with Gasteiger partial charge in [-0.1, -0.05) is 6.92 Å². The first-order valence-corrected chi connectivity index (χ1v) is 6.58. The maximum absolute atomic E-state index is 13.5. The third-order valence-electron chi connectivity index (χ3n) is 3.16. The van der Waals surface area contributed by atoms with Gasteiger partial charge in [0.05, 0.1) is 14.9 Å². The van der Waals surface area contributed by atoms with Gasteiger partial charge in [0.1, 0.15) is 5.82 Å². The summed E-state index contributed by atoms with van der Waals surface area (Å²) in [6, 6.07) is 3.71. The molecule has 0 aromatic heterocycles. The monoisotopic (exact) mass is 334 g/mol. The molecule has 1 aromatic rings. The Labute approximate surface area is 109 Å². The van der Waals surface area contributed by atoms with Gasteiger partial charge in [-0.15, -0.1) is 0 Å². The molecular weight excluding hydrogens is 318 g/mol. The summed E-state index contributed by atoms with van der Waals surface area (Å²) in [6.07, 6.45) is 1.15. The molecule has 1 aliphatic rings. The summed E-state index contributed by atoms with van der Waals surface area (Å²) in [4.78, 5) is 2.21. The standard InChI is InChI=1S/C12H16FIN2/c1-7-3-8(2)16(6-7)12-4-9(13)10(14)5-11(12)15/h4-5,7-8H,3,6,15H2,1-2H3. The van der Waals surface area contributed by atoms with E-state index in [1.807, 2.05) is 22.6 Å². The molecule has 1 aromatic carbocycles. The Morgan fingerprint density at radius 1 is 1.44 bits per heavy atom. The quantitative estimate of drug-likeness (QED) is 0.631. The minimum Gasteiger partial charge on any atom is -0.397 e. The molecule has 88 valence electrons. The second-order valence-corrected chi connectivity index (χ2v) is 5.83. The van der Waals surface area contributed by atoms with Crippen molar-refractivity contribution in [2.45, 2.75) is 26.3 Å². The topological polar surface area (TPSA) is 29.3 Å². The van der Waals surface area contributed by atoms with Crippen molar-refractivity contribution in [2.24, 2.45) is 5.92 Å². The van der Waals surface area contributed by atoms with Crippen LogP contribution in [0.5, 0.6) is 0 Å². The predicted molar refractivity (Wildman–Crippen MR) is 74.1 cm³/mol. The van der Waals surface area contributed by atoms with Gasteiger partial charge >= 0.3 is 0 Å². The summed E-state index contributed by atoms with van der Waals surface area (Å²) >= 11 is 1.97. The number of nitrogens with zero attached hydrogens (tertiary/aromatic N) is 1. The lowest BCUT2D eigenvalue weighted by Gasteiger charge is -2.25. The first-order valence-electron chi connectivity index (χ1n) is 5.50. The number of nitrogens with two attached hydrogens (primary N) is 1. The van der Waals surface area contributed by atoms with Crippen LogP contribution in [0.4, 0.5) is 15.8 Å². The number of halogens is 2. The van der Waals surface area contributed by atoms with Crippen molar-refractivity contribution in [3.63, 3.8) is 0 Å². The molecule has 0 spiro atoms. The molecule has 0 amide bonds. The highest BCUT2D eigenvalue weighted by Gasteiger charge is 2.27. The van der Waals surface area contributed by atoms with Crippen molar-refractivity contribution in [3.8, 4) is 0 Å². The van der Waals surface area contributed by atoms with Gasteiger partial charge in [0.15, 0.2) is 0 Å². The second-order valence-electron chi connectivity index (χ2n) is 4.67. The normalized spacial score (nSPS) is 25.1. The van der Waals surface area contributed by atoms with Gasteiger partial charge < -0.3 is 10.6 Å². The van der Waals surface area contributed by atoms with E-state index in [1.54, 1.807) is 12.1 Å². The van der Waals surface area contributed by atoms with E-state index in [1.165, 1.54) is 0 Å². The van der Waals surface area contributed by atoms with Gasteiger partial charge in [0.25, 0.3) is 0 Å². The van der Waals surface area contributed by atoms with E-state index in [-0.39, 0.29) is 5.82 Å². The number of hydrogen-bond acceptors (Lipinski definition) is 2. The smallest absolute Gasteiger partial charge is 0.138 e. The summed E-state index contributed by atoms with van der Waals surface area (Å²) < 4.78 is 14.1. The minimum atomic E-state index is -0.184. The number of benzene rings is 1. The molecule has 0 radical (unpaired) electrons. The Hall–Kier alpha value is -0.520. The molecule has 0 aliphatic carbocycles. The van der Waals surface area contributed by atoms with E-state index in [9.17, 15) is 4.39 Å². The van der Waals surface area contributed by atoms with Crippen LogP contribution in [0.3, 0.4) is 0 Å². The minimum absolute atomic E-state index is 0.184. The zero-order valence-corrected chi connectivity index (χ0v) is 11.7. The van der Waals surface area contributed by atoms with Crippen LogP contribution in [-0.2, 0) is 0 Å². The van der Waals surface area contributed by atoms with E-state index < -0.39 is 0 Å². The van der Waals surface area contributed by atoms with Gasteiger partial charge in [-0.05, 0) is 47.9 Å². The Morgan fingerprint density at radius 3 is 2.69 bits per heavy atom. The Balaban J connectivity index is 2.37. The summed E-state index contributed by atoms with van der Waals surface area (Å²) in [5.41, 5.74) is 7.48. The summed E-state index contributed by atoms with van der Waals surface area (Å²) in [5, 5.41) is 0. The van der Waals surface area contributed by atoms with E-state index in [0.29, 0.717) is 21.2 Å². The second kappa shape index (κ2) is 4.39. The number of nitrogen functional groups attached to an aromatic ring is 1. The van der Waals surface area contributed by atoms with Crippen LogP contribution < -0.4 is 10.6 Å². The predicted octanol–water partition coefficient (Wildman–Crippen LogP) is 3.25. The maximum Gasteiger partial charge on any atom is 0.138 e. The molecule has 2 unspecified atom stereocenters. The van der Waals surface area contributed by atoms with Crippen molar-refractivity contribution in [2.75, 3.05) is 17.2 Å². The highest BCUT2D eigenvalue weighted by Crippen LogP contribution is 2.34. The summed E-state index contributed by atoms with van der Waals surface area (Å²) in [6.45, 7) is 5.35. The molecule has 2 atom stereocenters. The lowest BCUT2D eigenvalue weighted by atomic mass is 10.1. The van der Waals surface area contributed by atoms with Crippen LogP contribution in [0, 0.1) is 15.3 Å². The third-order valence-corrected chi connectivity index (χ3v) is 3.99. The SMILES string of the molecule is CC1CC(C)N(c2cc(F)c(I)cc2N)C1. The molecule has 2 N–H and O–H groups in total. The fourth-order valence-electron chi connectivity index (χ4n) is 2.44. The molecular formula is C12H16FIN2. The molecule has 2 nitrogen and oxygen atoms in total. The van der Waals surface area contributed by atoms with Crippen LogP contribution in [0.2, 0.25) is 0 Å². The zero-order chi connectivity index (χ0) is 11.9. The van der Waals surface area contributed by atoms with Crippen molar-refractivity contribution in [3.05, 3.63) is 21.5 Å². The molecule has 16 heavy (non-hydrogen) atoms. The average molecular weight is 334 g/mol. The number of anilines is 2. The molecule has 1 saturated heterocycles. The molecule has 2 rings (SSSR count). The molecule has 0 saturated carbocycles. The third kappa shape index (κ3) is 2.12. The van der Waals surface area contributed by atoms with Crippen LogP contribution in [0.25, 0.3) is 0 Å². The molecule has 4 heteroatoms. The largest absolute Gasteiger partial charge is 0.397 e. The lowest BCUT2D eigenvalue weighted by Crippen LogP contribution is -2.27. The highest BCUT2D eigenvalue weighted by molar-refractivity contribution is 14.1. The van der Waals surface area contributed by atoms with Crippen LogP contribution in [-0.4, -0.2) is 12.6 Å². The van der Waals surface area contributed by atoms with Crippen molar-refractivity contribution < 1.29 is 4.39 Å². The van der Waals surface area contributed by atoms with Gasteiger partial charge in [-0.2, -0.15) is 0 Å². The van der Waals surface area contributed by atoms with Gasteiger partial charge in [0, 0.05) is 18.7 Å². The fraction of sp³-hybridized carbons (Fsp3) is 0.500. The van der Waals surface area contributed by atoms with E-state index >= 15 is 0 Å². The Bertz CT molecular complexity index is 408. The lowest BCUT2D eigenvalue weighted by molar-refractivity contribution is 0.618. The van der Waals surface area contributed by atoms with Gasteiger partial charge in [-0.25, -0.2) is 4.39 Å². The van der Waals surface area contributed by atoms with E-state index in [4.69, 9.17) is 5.73 Å². The van der Waals surface area contributed by atoms with E-state index in [0.717, 1.165) is 18.7 Å². The maximum atomic E-state index is 13.5. The first-order chi connectivity index (χ1) is 7.49. The molecule has 0 bridgehead atoms. The number of rotatable bonds is 1. The van der Waals surface area contributed by atoms with Gasteiger partial charge in [0.2, 0.25) is 0 Å². The highest BCUT2D eigenvalue weighted by atomic mass is 127. The molecule has 1 heterocycles. The average Bonchev–Trinajstić information content (AvgIpc) is 2.51. The molecule has 1 aliphatic heterocycles. The molecule has 1 fully saturated rings. The van der Waals surface area contributed by atoms with Crippen molar-refractivity contribution in [1.82, 2.24) is 0 Å². The first kappa shape index (κ1) is 12.0. The summed E-state index contributed by atoms with van der Waals surface area (Å²) in [5.74, 6) is 0.466. The number of hydrogen-bond donors (Lipinski definition) is 1. The van der Waals surface area contributed by atoms with Crippen LogP contribution >= 0.6 is 22.6 Å².